The number of amides is 2. The van der Waals surface area contributed by atoms with Gasteiger partial charge in [-0.25, -0.2) is 4.98 Å². The Morgan fingerprint density at radius 3 is 3.16 bits per heavy atom. The van der Waals surface area contributed by atoms with Crippen molar-refractivity contribution in [2.45, 2.75) is 30.5 Å². The van der Waals surface area contributed by atoms with Gasteiger partial charge in [0.2, 0.25) is 11.8 Å². The molecule has 2 heterocycles. The molecule has 0 spiro atoms. The van der Waals surface area contributed by atoms with Crippen molar-refractivity contribution in [3.8, 4) is 5.69 Å². The van der Waals surface area contributed by atoms with Crippen molar-refractivity contribution < 1.29 is 9.59 Å². The second kappa shape index (κ2) is 8.40. The molecule has 1 aliphatic heterocycles. The molecule has 0 bridgehead atoms. The standard InChI is InChI=1S/C17H19ClN4O2S/c18-12-4-3-5-13(10-12)22-9-8-20-17(22)25-11-15(23)21-14-6-1-2-7-19-16(14)24/h3-5,8-10,14H,1-2,6-7,11H2,(H,19,24)(H,21,23)/t14-/m0/s1. The molecule has 2 N–H and O–H groups in total. The van der Waals surface area contributed by atoms with Crippen molar-refractivity contribution in [1.82, 2.24) is 20.2 Å². The number of thioether (sulfide) groups is 1. The van der Waals surface area contributed by atoms with Gasteiger partial charge in [0.15, 0.2) is 5.16 Å². The Labute approximate surface area is 155 Å². The fourth-order valence-corrected chi connectivity index (χ4v) is 3.63. The molecular weight excluding hydrogens is 360 g/mol. The first kappa shape index (κ1) is 17.8. The Morgan fingerprint density at radius 1 is 1.44 bits per heavy atom. The zero-order valence-electron chi connectivity index (χ0n) is 13.6. The van der Waals surface area contributed by atoms with Crippen molar-refractivity contribution in [2.75, 3.05) is 12.3 Å². The van der Waals surface area contributed by atoms with E-state index in [2.05, 4.69) is 15.6 Å². The Hall–Kier alpha value is -1.99. The summed E-state index contributed by atoms with van der Waals surface area (Å²) < 4.78 is 1.88. The van der Waals surface area contributed by atoms with Gasteiger partial charge in [-0.05, 0) is 37.5 Å². The van der Waals surface area contributed by atoms with Crippen molar-refractivity contribution in [3.05, 3.63) is 41.7 Å². The molecule has 25 heavy (non-hydrogen) atoms. The van der Waals surface area contributed by atoms with Crippen LogP contribution in [0.3, 0.4) is 0 Å². The first-order chi connectivity index (χ1) is 12.1. The number of benzene rings is 1. The Balaban J connectivity index is 1.59. The molecule has 0 aliphatic carbocycles. The van der Waals surface area contributed by atoms with Crippen LogP contribution in [0.25, 0.3) is 5.69 Å². The van der Waals surface area contributed by atoms with Crippen LogP contribution in [0.1, 0.15) is 19.3 Å². The second-order valence-electron chi connectivity index (χ2n) is 5.76. The van der Waals surface area contributed by atoms with Gasteiger partial charge in [0.1, 0.15) is 6.04 Å². The quantitative estimate of drug-likeness (QED) is 0.783. The molecule has 6 nitrogen and oxygen atoms in total. The average molecular weight is 379 g/mol. The molecule has 132 valence electrons. The highest BCUT2D eigenvalue weighted by atomic mass is 35.5. The van der Waals surface area contributed by atoms with Crippen molar-refractivity contribution in [3.63, 3.8) is 0 Å². The van der Waals surface area contributed by atoms with Gasteiger partial charge in [-0.2, -0.15) is 0 Å². The predicted octanol–water partition coefficient (Wildman–Crippen LogP) is 2.40. The van der Waals surface area contributed by atoms with Crippen LogP contribution < -0.4 is 10.6 Å². The fourth-order valence-electron chi connectivity index (χ4n) is 2.66. The maximum Gasteiger partial charge on any atom is 0.242 e. The predicted molar refractivity (Wildman–Crippen MR) is 98.1 cm³/mol. The van der Waals surface area contributed by atoms with E-state index in [0.717, 1.165) is 18.5 Å². The van der Waals surface area contributed by atoms with Gasteiger partial charge >= 0.3 is 0 Å². The molecule has 1 aromatic heterocycles. The highest BCUT2D eigenvalue weighted by molar-refractivity contribution is 7.99. The molecule has 1 aliphatic rings. The Kier molecular flexibility index (Phi) is 5.99. The molecule has 1 aromatic carbocycles. The molecule has 3 rings (SSSR count). The molecule has 2 amide bonds. The molecule has 0 radical (unpaired) electrons. The SMILES string of the molecule is O=C(CSc1nccn1-c1cccc(Cl)c1)N[C@H]1CCCCNC1=O. The van der Waals surface area contributed by atoms with Gasteiger partial charge in [-0.1, -0.05) is 29.4 Å². The highest BCUT2D eigenvalue weighted by Crippen LogP contribution is 2.22. The van der Waals surface area contributed by atoms with Crippen LogP contribution in [0.15, 0.2) is 41.8 Å². The van der Waals surface area contributed by atoms with E-state index in [0.29, 0.717) is 23.1 Å². The van der Waals surface area contributed by atoms with Gasteiger partial charge in [0.25, 0.3) is 0 Å². The minimum Gasteiger partial charge on any atom is -0.354 e. The summed E-state index contributed by atoms with van der Waals surface area (Å²) in [4.78, 5) is 28.4. The number of carbonyl (C=O) groups is 2. The number of hydrogen-bond donors (Lipinski definition) is 2. The van der Waals surface area contributed by atoms with Gasteiger partial charge in [0, 0.05) is 29.6 Å². The van der Waals surface area contributed by atoms with E-state index in [4.69, 9.17) is 11.6 Å². The summed E-state index contributed by atoms with van der Waals surface area (Å²) >= 11 is 7.36. The van der Waals surface area contributed by atoms with E-state index in [1.54, 1.807) is 12.3 Å². The number of nitrogens with zero attached hydrogens (tertiary/aromatic N) is 2. The zero-order valence-corrected chi connectivity index (χ0v) is 15.1. The minimum absolute atomic E-state index is 0.101. The summed E-state index contributed by atoms with van der Waals surface area (Å²) in [5, 5.41) is 6.96. The average Bonchev–Trinajstić information content (AvgIpc) is 2.98. The first-order valence-electron chi connectivity index (χ1n) is 8.12. The molecule has 8 heteroatoms. The molecule has 0 saturated carbocycles. The number of imidazole rings is 1. The van der Waals surface area contributed by atoms with E-state index < -0.39 is 6.04 Å². The summed E-state index contributed by atoms with van der Waals surface area (Å²) in [7, 11) is 0. The van der Waals surface area contributed by atoms with Gasteiger partial charge in [0.05, 0.1) is 5.75 Å². The summed E-state index contributed by atoms with van der Waals surface area (Å²) in [5.74, 6) is -0.0783. The van der Waals surface area contributed by atoms with E-state index in [-0.39, 0.29) is 17.6 Å². The van der Waals surface area contributed by atoms with E-state index >= 15 is 0 Å². The van der Waals surface area contributed by atoms with Gasteiger partial charge in [-0.3, -0.25) is 14.2 Å². The Morgan fingerprint density at radius 2 is 2.32 bits per heavy atom. The van der Waals surface area contributed by atoms with E-state index in [9.17, 15) is 9.59 Å². The highest BCUT2D eigenvalue weighted by Gasteiger charge is 2.22. The minimum atomic E-state index is -0.441. The van der Waals surface area contributed by atoms with Gasteiger partial charge in [-0.15, -0.1) is 0 Å². The smallest absolute Gasteiger partial charge is 0.242 e. The first-order valence-corrected chi connectivity index (χ1v) is 9.49. The van der Waals surface area contributed by atoms with Crippen LogP contribution in [0.5, 0.6) is 0 Å². The maximum absolute atomic E-state index is 12.2. The fraction of sp³-hybridized carbons (Fsp3) is 0.353. The normalized spacial score (nSPS) is 17.6. The number of carbonyl (C=O) groups excluding carboxylic acids is 2. The van der Waals surface area contributed by atoms with Gasteiger partial charge < -0.3 is 10.6 Å². The molecule has 0 unspecified atom stereocenters. The molecule has 1 saturated heterocycles. The van der Waals surface area contributed by atoms with E-state index in [1.165, 1.54) is 11.8 Å². The lowest BCUT2D eigenvalue weighted by Gasteiger charge is -2.15. The van der Waals surface area contributed by atoms with E-state index in [1.807, 2.05) is 29.0 Å². The summed E-state index contributed by atoms with van der Waals surface area (Å²) in [5.41, 5.74) is 0.885. The zero-order chi connectivity index (χ0) is 17.6. The number of nitrogens with one attached hydrogen (secondary N) is 2. The summed E-state index contributed by atoms with van der Waals surface area (Å²) in [6.45, 7) is 0.678. The summed E-state index contributed by atoms with van der Waals surface area (Å²) in [6.07, 6.45) is 6.06. The topological polar surface area (TPSA) is 76.0 Å². The van der Waals surface area contributed by atoms with Crippen LogP contribution in [0, 0.1) is 0 Å². The van der Waals surface area contributed by atoms with Crippen LogP contribution in [0.2, 0.25) is 5.02 Å². The number of halogens is 1. The lowest BCUT2D eigenvalue weighted by atomic mass is 10.1. The van der Waals surface area contributed by atoms with Crippen LogP contribution in [-0.2, 0) is 9.59 Å². The monoisotopic (exact) mass is 378 g/mol. The summed E-state index contributed by atoms with van der Waals surface area (Å²) in [6, 6.07) is 6.99. The third-order valence-corrected chi connectivity index (χ3v) is 5.10. The molecule has 2 aromatic rings. The Bertz CT molecular complexity index is 765. The molecule has 1 atom stereocenters. The van der Waals surface area contributed by atoms with Crippen LogP contribution in [-0.4, -0.2) is 39.7 Å². The third-order valence-electron chi connectivity index (χ3n) is 3.90. The number of rotatable bonds is 5. The lowest BCUT2D eigenvalue weighted by Crippen LogP contribution is -2.46. The largest absolute Gasteiger partial charge is 0.354 e. The molecule has 1 fully saturated rings. The van der Waals surface area contributed by atoms with Crippen molar-refractivity contribution in [2.24, 2.45) is 0 Å². The second-order valence-corrected chi connectivity index (χ2v) is 7.13. The number of aromatic nitrogens is 2. The lowest BCUT2D eigenvalue weighted by molar-refractivity contribution is -0.127. The molecular formula is C17H19ClN4O2S. The van der Waals surface area contributed by atoms with Crippen molar-refractivity contribution in [1.29, 1.82) is 0 Å². The number of hydrogen-bond acceptors (Lipinski definition) is 4. The third kappa shape index (κ3) is 4.76. The van der Waals surface area contributed by atoms with Crippen molar-refractivity contribution >= 4 is 35.2 Å². The van der Waals surface area contributed by atoms with Crippen LogP contribution in [0.4, 0.5) is 0 Å². The maximum atomic E-state index is 12.2. The van der Waals surface area contributed by atoms with Crippen LogP contribution >= 0.6 is 23.4 Å².